The van der Waals surface area contributed by atoms with Gasteiger partial charge in [0, 0.05) is 5.69 Å². The molecule has 0 aliphatic carbocycles. The average Bonchev–Trinajstić information content (AvgIpc) is 2.92. The fraction of sp³-hybridized carbons (Fsp3) is 0.389. The molecular weight excluding hydrogens is 260 g/mol. The van der Waals surface area contributed by atoms with E-state index in [4.69, 9.17) is 9.68 Å². The molecule has 2 rings (SSSR count). The summed E-state index contributed by atoms with van der Waals surface area (Å²) in [4.78, 5) is 0. The first kappa shape index (κ1) is 15.2. The lowest BCUT2D eigenvalue weighted by Gasteiger charge is -2.17. The third-order valence-corrected chi connectivity index (χ3v) is 3.59. The van der Waals surface area contributed by atoms with E-state index in [0.29, 0.717) is 24.1 Å². The molecule has 21 heavy (non-hydrogen) atoms. The summed E-state index contributed by atoms with van der Waals surface area (Å²) < 4.78 is 5.39. The van der Waals surface area contributed by atoms with E-state index in [-0.39, 0.29) is 0 Å². The molecule has 1 N–H and O–H groups in total. The van der Waals surface area contributed by atoms with Crippen molar-refractivity contribution in [2.24, 2.45) is 0 Å². The third-order valence-electron chi connectivity index (χ3n) is 3.59. The second-order valence-corrected chi connectivity index (χ2v) is 5.89. The number of nitriles is 1. The van der Waals surface area contributed by atoms with Gasteiger partial charge >= 0.3 is 0 Å². The lowest BCUT2D eigenvalue weighted by Crippen LogP contribution is -2.04. The first-order valence-electron chi connectivity index (χ1n) is 7.37. The minimum absolute atomic E-state index is 0.353. The van der Waals surface area contributed by atoms with E-state index < -0.39 is 0 Å². The lowest BCUT2D eigenvalue weighted by molar-refractivity contribution is 0.506. The number of rotatable bonds is 5. The van der Waals surface area contributed by atoms with Crippen molar-refractivity contribution in [3.63, 3.8) is 0 Å². The molecule has 1 aromatic carbocycles. The maximum absolute atomic E-state index is 8.77. The minimum Gasteiger partial charge on any atom is -0.449 e. The van der Waals surface area contributed by atoms with Crippen molar-refractivity contribution in [1.82, 2.24) is 0 Å². The summed E-state index contributed by atoms with van der Waals surface area (Å²) >= 11 is 0. The molecule has 0 aliphatic rings. The summed E-state index contributed by atoms with van der Waals surface area (Å²) in [5.74, 6) is 2.11. The molecule has 3 nitrogen and oxygen atoms in total. The number of nitrogens with zero attached hydrogens (tertiary/aromatic N) is 1. The molecule has 0 fully saturated rings. The van der Waals surface area contributed by atoms with Crippen LogP contribution in [0, 0.1) is 11.3 Å². The average molecular weight is 282 g/mol. The Morgan fingerprint density at radius 2 is 1.86 bits per heavy atom. The Kier molecular flexibility index (Phi) is 4.70. The number of benzene rings is 1. The highest BCUT2D eigenvalue weighted by atomic mass is 16.3. The van der Waals surface area contributed by atoms with Gasteiger partial charge in [-0.1, -0.05) is 39.8 Å². The Morgan fingerprint density at radius 1 is 1.10 bits per heavy atom. The molecule has 1 aromatic heterocycles. The lowest BCUT2D eigenvalue weighted by atomic mass is 9.94. The predicted octanol–water partition coefficient (Wildman–Crippen LogP) is 5.01. The highest BCUT2D eigenvalue weighted by Crippen LogP contribution is 2.28. The molecule has 0 atom stereocenters. The van der Waals surface area contributed by atoms with Crippen molar-refractivity contribution in [1.29, 1.82) is 5.26 Å². The molecule has 0 saturated heterocycles. The topological polar surface area (TPSA) is 49.0 Å². The van der Waals surface area contributed by atoms with E-state index in [1.165, 1.54) is 11.1 Å². The molecule has 0 aliphatic heterocycles. The van der Waals surface area contributed by atoms with Crippen LogP contribution < -0.4 is 5.32 Å². The molecule has 0 spiro atoms. The maximum Gasteiger partial charge on any atom is 0.203 e. The molecule has 3 heteroatoms. The second-order valence-electron chi connectivity index (χ2n) is 5.89. The summed E-state index contributed by atoms with van der Waals surface area (Å²) in [5.41, 5.74) is 3.80. The fourth-order valence-electron chi connectivity index (χ4n) is 2.29. The highest BCUT2D eigenvalue weighted by molar-refractivity contribution is 5.54. The van der Waals surface area contributed by atoms with Gasteiger partial charge in [-0.15, -0.1) is 0 Å². The van der Waals surface area contributed by atoms with E-state index in [0.717, 1.165) is 11.4 Å². The number of anilines is 1. The van der Waals surface area contributed by atoms with Gasteiger partial charge in [0.2, 0.25) is 5.76 Å². The van der Waals surface area contributed by atoms with E-state index >= 15 is 0 Å². The van der Waals surface area contributed by atoms with Crippen LogP contribution in [0.4, 0.5) is 5.69 Å². The van der Waals surface area contributed by atoms with E-state index in [1.807, 2.05) is 12.1 Å². The van der Waals surface area contributed by atoms with Gasteiger partial charge < -0.3 is 9.73 Å². The van der Waals surface area contributed by atoms with Crippen LogP contribution in [0.25, 0.3) is 0 Å². The predicted molar refractivity (Wildman–Crippen MR) is 85.4 cm³/mol. The zero-order valence-corrected chi connectivity index (χ0v) is 13.1. The summed E-state index contributed by atoms with van der Waals surface area (Å²) in [6.45, 7) is 9.40. The van der Waals surface area contributed by atoms with E-state index in [9.17, 15) is 0 Å². The molecule has 2 aromatic rings. The van der Waals surface area contributed by atoms with Gasteiger partial charge in [-0.3, -0.25) is 0 Å². The maximum atomic E-state index is 8.77. The Morgan fingerprint density at radius 3 is 2.43 bits per heavy atom. The van der Waals surface area contributed by atoms with E-state index in [2.05, 4.69) is 51.2 Å². The molecule has 0 amide bonds. The van der Waals surface area contributed by atoms with Crippen LogP contribution in [0.3, 0.4) is 0 Å². The highest BCUT2D eigenvalue weighted by Gasteiger charge is 2.10. The molecule has 0 bridgehead atoms. The van der Waals surface area contributed by atoms with Gasteiger partial charge in [-0.25, -0.2) is 0 Å². The van der Waals surface area contributed by atoms with Gasteiger partial charge in [-0.05, 0) is 41.2 Å². The first-order valence-corrected chi connectivity index (χ1v) is 7.37. The monoisotopic (exact) mass is 282 g/mol. The van der Waals surface area contributed by atoms with Crippen molar-refractivity contribution in [3.8, 4) is 6.07 Å². The Balaban J connectivity index is 2.17. The van der Waals surface area contributed by atoms with Crippen LogP contribution >= 0.6 is 0 Å². The zero-order chi connectivity index (χ0) is 15.4. The first-order chi connectivity index (χ1) is 10.0. The van der Waals surface area contributed by atoms with E-state index in [1.54, 1.807) is 6.07 Å². The normalized spacial score (nSPS) is 10.9. The van der Waals surface area contributed by atoms with Crippen LogP contribution in [0.1, 0.15) is 62.2 Å². The number of nitrogens with one attached hydrogen (secondary N) is 1. The molecule has 1 heterocycles. The van der Waals surface area contributed by atoms with Gasteiger partial charge in [0.25, 0.3) is 0 Å². The smallest absolute Gasteiger partial charge is 0.203 e. The van der Waals surface area contributed by atoms with Crippen LogP contribution in [-0.4, -0.2) is 0 Å². The summed E-state index contributed by atoms with van der Waals surface area (Å²) in [6, 6.07) is 12.1. The van der Waals surface area contributed by atoms with Crippen molar-refractivity contribution in [2.75, 3.05) is 5.32 Å². The largest absolute Gasteiger partial charge is 0.449 e. The molecular formula is C18H22N2O. The number of hydrogen-bond donors (Lipinski definition) is 1. The molecule has 0 saturated carbocycles. The molecule has 0 radical (unpaired) electrons. The van der Waals surface area contributed by atoms with Gasteiger partial charge in [-0.2, -0.15) is 5.26 Å². The number of hydrogen-bond acceptors (Lipinski definition) is 3. The van der Waals surface area contributed by atoms with Crippen molar-refractivity contribution >= 4 is 5.69 Å². The van der Waals surface area contributed by atoms with Crippen molar-refractivity contribution in [3.05, 3.63) is 53.0 Å². The Hall–Kier alpha value is -2.21. The van der Waals surface area contributed by atoms with Gasteiger partial charge in [0.15, 0.2) is 0 Å². The fourth-order valence-corrected chi connectivity index (χ4v) is 2.29. The van der Waals surface area contributed by atoms with Crippen molar-refractivity contribution in [2.45, 2.75) is 46.1 Å². The van der Waals surface area contributed by atoms with Crippen LogP contribution in [0.2, 0.25) is 0 Å². The van der Waals surface area contributed by atoms with Crippen LogP contribution in [0.5, 0.6) is 0 Å². The Bertz CT molecular complexity index is 647. The molecule has 110 valence electrons. The zero-order valence-electron chi connectivity index (χ0n) is 13.1. The standard InChI is InChI=1S/C18H22N2O/c1-12(2)14-5-8-18(17(9-14)13(3)4)20-11-16-7-6-15(10-19)21-16/h5-9,12-13,20H,11H2,1-4H3. The van der Waals surface area contributed by atoms with Crippen molar-refractivity contribution < 1.29 is 4.42 Å². The van der Waals surface area contributed by atoms with Crippen LogP contribution in [0.15, 0.2) is 34.7 Å². The summed E-state index contributed by atoms with van der Waals surface area (Å²) in [5, 5.41) is 12.2. The van der Waals surface area contributed by atoms with Crippen LogP contribution in [-0.2, 0) is 6.54 Å². The van der Waals surface area contributed by atoms with Gasteiger partial charge in [0.1, 0.15) is 11.8 Å². The van der Waals surface area contributed by atoms with Gasteiger partial charge in [0.05, 0.1) is 6.54 Å². The number of furan rings is 1. The SMILES string of the molecule is CC(C)c1ccc(NCc2ccc(C#N)o2)c(C(C)C)c1. The third kappa shape index (κ3) is 3.66. The summed E-state index contributed by atoms with van der Waals surface area (Å²) in [6.07, 6.45) is 0. The summed E-state index contributed by atoms with van der Waals surface area (Å²) in [7, 11) is 0. The quantitative estimate of drug-likeness (QED) is 0.838. The molecule has 0 unspecified atom stereocenters. The second kappa shape index (κ2) is 6.49. The Labute approximate surface area is 126 Å². The minimum atomic E-state index is 0.353.